The number of nitro groups is 1. The Morgan fingerprint density at radius 2 is 2.04 bits per heavy atom. The Kier molecular flexibility index (Phi) is 6.76. The Hall–Kier alpha value is -2.91. The van der Waals surface area contributed by atoms with Crippen LogP contribution < -0.4 is 5.32 Å². The van der Waals surface area contributed by atoms with Crippen molar-refractivity contribution in [2.24, 2.45) is 17.8 Å². The normalized spacial score (nSPS) is 22.6. The van der Waals surface area contributed by atoms with Crippen molar-refractivity contribution >= 4 is 23.3 Å². The Labute approximate surface area is 159 Å². The molecule has 0 radical (unpaired) electrons. The summed E-state index contributed by atoms with van der Waals surface area (Å²) in [5.41, 5.74) is -0.0161. The molecule has 1 fully saturated rings. The number of hydrogen-bond donors (Lipinski definition) is 1. The number of Topliss-reactive ketones (excluding diaryl/α,β-unsaturated/α-hetero) is 1. The SMILES string of the molecule is C[C@H](OC(=O)C[C@H]1C(=O)C[C@@H](C)[C@H]1C[N+](=O)[O-])C(=O)Nc1ccc(F)c(F)c1. The molecule has 0 spiro atoms. The number of rotatable bonds is 7. The van der Waals surface area contributed by atoms with Crippen LogP contribution in [-0.4, -0.2) is 35.2 Å². The van der Waals surface area contributed by atoms with Crippen LogP contribution in [0.4, 0.5) is 14.5 Å². The second-order valence-corrected chi connectivity index (χ2v) is 6.89. The highest BCUT2D eigenvalue weighted by molar-refractivity contribution is 5.95. The summed E-state index contributed by atoms with van der Waals surface area (Å²) in [5, 5.41) is 13.1. The van der Waals surface area contributed by atoms with Crippen molar-refractivity contribution in [2.45, 2.75) is 32.8 Å². The molecular weight excluding hydrogens is 378 g/mol. The Balaban J connectivity index is 1.93. The molecule has 10 heteroatoms. The number of carbonyl (C=O) groups is 3. The zero-order valence-electron chi connectivity index (χ0n) is 15.3. The first-order chi connectivity index (χ1) is 13.1. The smallest absolute Gasteiger partial charge is 0.307 e. The minimum atomic E-state index is -1.26. The summed E-state index contributed by atoms with van der Waals surface area (Å²) >= 11 is 0. The van der Waals surface area contributed by atoms with Crippen molar-refractivity contribution in [3.63, 3.8) is 0 Å². The number of hydrogen-bond acceptors (Lipinski definition) is 6. The van der Waals surface area contributed by atoms with Gasteiger partial charge in [0.05, 0.1) is 6.42 Å². The highest BCUT2D eigenvalue weighted by Crippen LogP contribution is 2.36. The van der Waals surface area contributed by atoms with Gasteiger partial charge in [-0.15, -0.1) is 0 Å². The fourth-order valence-electron chi connectivity index (χ4n) is 3.30. The van der Waals surface area contributed by atoms with Crippen LogP contribution in [0, 0.1) is 39.5 Å². The summed E-state index contributed by atoms with van der Waals surface area (Å²) in [6, 6.07) is 2.76. The zero-order valence-corrected chi connectivity index (χ0v) is 15.3. The molecule has 8 nitrogen and oxygen atoms in total. The Morgan fingerprint density at radius 1 is 1.36 bits per heavy atom. The van der Waals surface area contributed by atoms with Crippen LogP contribution in [0.2, 0.25) is 0 Å². The highest BCUT2D eigenvalue weighted by Gasteiger charge is 2.44. The number of ether oxygens (including phenoxy) is 1. The second kappa shape index (κ2) is 8.85. The average Bonchev–Trinajstić information content (AvgIpc) is 2.84. The van der Waals surface area contributed by atoms with E-state index in [0.717, 1.165) is 18.2 Å². The molecule has 0 saturated heterocycles. The number of carbonyl (C=O) groups excluding carboxylic acids is 3. The van der Waals surface area contributed by atoms with Gasteiger partial charge in [0.15, 0.2) is 17.7 Å². The molecule has 0 bridgehead atoms. The molecule has 1 aromatic carbocycles. The van der Waals surface area contributed by atoms with Crippen LogP contribution in [0.15, 0.2) is 18.2 Å². The van der Waals surface area contributed by atoms with Gasteiger partial charge in [0.25, 0.3) is 5.91 Å². The van der Waals surface area contributed by atoms with Crippen LogP contribution in [0.3, 0.4) is 0 Å². The minimum absolute atomic E-state index is 0.0161. The summed E-state index contributed by atoms with van der Waals surface area (Å²) in [6.07, 6.45) is -1.46. The first-order valence-electron chi connectivity index (χ1n) is 8.68. The number of amides is 1. The first kappa shape index (κ1) is 21.4. The average molecular weight is 398 g/mol. The number of nitrogens with zero attached hydrogens (tertiary/aromatic N) is 1. The lowest BCUT2D eigenvalue weighted by Gasteiger charge is -2.18. The second-order valence-electron chi connectivity index (χ2n) is 6.89. The van der Waals surface area contributed by atoms with Gasteiger partial charge in [-0.1, -0.05) is 6.92 Å². The molecular formula is C18H20F2N2O6. The Morgan fingerprint density at radius 3 is 2.64 bits per heavy atom. The summed E-state index contributed by atoms with van der Waals surface area (Å²) in [5.74, 6) is -5.68. The number of nitrogens with one attached hydrogen (secondary N) is 1. The van der Waals surface area contributed by atoms with Crippen molar-refractivity contribution < 1.29 is 32.8 Å². The van der Waals surface area contributed by atoms with E-state index in [4.69, 9.17) is 4.74 Å². The van der Waals surface area contributed by atoms with Gasteiger partial charge < -0.3 is 10.1 Å². The molecule has 1 aliphatic rings. The zero-order chi connectivity index (χ0) is 21.0. The van der Waals surface area contributed by atoms with Crippen molar-refractivity contribution in [3.05, 3.63) is 39.9 Å². The van der Waals surface area contributed by atoms with E-state index in [1.807, 2.05) is 0 Å². The third-order valence-corrected chi connectivity index (χ3v) is 4.80. The molecule has 1 amide bonds. The maximum Gasteiger partial charge on any atom is 0.307 e. The molecule has 4 atom stereocenters. The first-order valence-corrected chi connectivity index (χ1v) is 8.68. The maximum absolute atomic E-state index is 13.2. The molecule has 1 aromatic rings. The van der Waals surface area contributed by atoms with E-state index in [1.54, 1.807) is 6.92 Å². The van der Waals surface area contributed by atoms with Gasteiger partial charge in [0.2, 0.25) is 6.54 Å². The fourth-order valence-corrected chi connectivity index (χ4v) is 3.30. The molecule has 152 valence electrons. The van der Waals surface area contributed by atoms with E-state index < -0.39 is 52.9 Å². The molecule has 0 unspecified atom stereocenters. The van der Waals surface area contributed by atoms with E-state index >= 15 is 0 Å². The molecule has 2 rings (SSSR count). The van der Waals surface area contributed by atoms with Crippen LogP contribution in [-0.2, 0) is 19.1 Å². The van der Waals surface area contributed by atoms with Crippen LogP contribution in [0.5, 0.6) is 0 Å². The molecule has 28 heavy (non-hydrogen) atoms. The van der Waals surface area contributed by atoms with E-state index in [0.29, 0.717) is 0 Å². The van der Waals surface area contributed by atoms with Crippen LogP contribution in [0.25, 0.3) is 0 Å². The van der Waals surface area contributed by atoms with Gasteiger partial charge in [-0.25, -0.2) is 8.78 Å². The minimum Gasteiger partial charge on any atom is -0.453 e. The summed E-state index contributed by atoms with van der Waals surface area (Å²) in [7, 11) is 0. The molecule has 1 saturated carbocycles. The standard InChI is InChI=1S/C18H20F2N2O6/c1-9-5-16(23)12(13(9)8-22(26)27)7-17(24)28-10(2)18(25)21-11-3-4-14(19)15(20)6-11/h3-4,6,9-10,12-13H,5,7-8H2,1-2H3,(H,21,25)/t9-,10+,12-,13-/m1/s1. The van der Waals surface area contributed by atoms with Crippen molar-refractivity contribution in [1.82, 2.24) is 0 Å². The van der Waals surface area contributed by atoms with Gasteiger partial charge >= 0.3 is 5.97 Å². The number of benzene rings is 1. The van der Waals surface area contributed by atoms with Gasteiger partial charge in [0.1, 0.15) is 5.78 Å². The van der Waals surface area contributed by atoms with Crippen molar-refractivity contribution in [2.75, 3.05) is 11.9 Å². The maximum atomic E-state index is 13.2. The predicted octanol–water partition coefficient (Wildman–Crippen LogP) is 2.34. The lowest BCUT2D eigenvalue weighted by Crippen LogP contribution is -2.32. The van der Waals surface area contributed by atoms with Gasteiger partial charge in [0, 0.05) is 34.9 Å². The third kappa shape index (κ3) is 5.30. The molecule has 1 aliphatic carbocycles. The van der Waals surface area contributed by atoms with Gasteiger partial charge in [-0.2, -0.15) is 0 Å². The number of halogens is 2. The molecule has 0 aromatic heterocycles. The van der Waals surface area contributed by atoms with E-state index in [-0.39, 0.29) is 30.2 Å². The summed E-state index contributed by atoms with van der Waals surface area (Å²) in [6.45, 7) is 2.58. The molecule has 1 N–H and O–H groups in total. The van der Waals surface area contributed by atoms with Gasteiger partial charge in [-0.05, 0) is 25.0 Å². The molecule has 0 heterocycles. The number of anilines is 1. The van der Waals surface area contributed by atoms with Crippen LogP contribution >= 0.6 is 0 Å². The van der Waals surface area contributed by atoms with Crippen LogP contribution in [0.1, 0.15) is 26.7 Å². The highest BCUT2D eigenvalue weighted by atomic mass is 19.2. The van der Waals surface area contributed by atoms with E-state index in [2.05, 4.69) is 5.32 Å². The summed E-state index contributed by atoms with van der Waals surface area (Å²) < 4.78 is 31.1. The van der Waals surface area contributed by atoms with Crippen molar-refractivity contribution in [3.8, 4) is 0 Å². The van der Waals surface area contributed by atoms with Gasteiger partial charge in [-0.3, -0.25) is 24.5 Å². The Bertz CT molecular complexity index is 800. The predicted molar refractivity (Wildman–Crippen MR) is 92.8 cm³/mol. The number of esters is 1. The monoisotopic (exact) mass is 398 g/mol. The largest absolute Gasteiger partial charge is 0.453 e. The van der Waals surface area contributed by atoms with E-state index in [9.17, 15) is 33.3 Å². The number of ketones is 1. The summed E-state index contributed by atoms with van der Waals surface area (Å²) in [4.78, 5) is 46.5. The lowest BCUT2D eigenvalue weighted by atomic mass is 9.88. The lowest BCUT2D eigenvalue weighted by molar-refractivity contribution is -0.490. The fraction of sp³-hybridized carbons (Fsp3) is 0.500. The quantitative estimate of drug-likeness (QED) is 0.428. The van der Waals surface area contributed by atoms with Crippen molar-refractivity contribution in [1.29, 1.82) is 0 Å². The topological polar surface area (TPSA) is 116 Å². The molecule has 0 aliphatic heterocycles. The third-order valence-electron chi connectivity index (χ3n) is 4.80. The van der Waals surface area contributed by atoms with E-state index in [1.165, 1.54) is 6.92 Å².